The molecule has 0 aliphatic heterocycles. The van der Waals surface area contributed by atoms with Gasteiger partial charge in [-0.2, -0.15) is 0 Å². The molecule has 31 heavy (non-hydrogen) atoms. The van der Waals surface area contributed by atoms with Gasteiger partial charge in [0.05, 0.1) is 0 Å². The average molecular weight is 443 g/mol. The van der Waals surface area contributed by atoms with Crippen LogP contribution in [0.4, 0.5) is 5.69 Å². The Hall–Kier alpha value is -2.53. The van der Waals surface area contributed by atoms with Crippen molar-refractivity contribution in [1.29, 1.82) is 0 Å². The first kappa shape index (κ1) is 23.1. The molecule has 3 rings (SSSR count). The second-order valence-corrected chi connectivity index (χ2v) is 8.45. The van der Waals surface area contributed by atoms with E-state index in [1.807, 2.05) is 35.2 Å². The van der Waals surface area contributed by atoms with Crippen molar-refractivity contribution in [2.24, 2.45) is 5.92 Å². The number of carbonyl (C=O) groups is 2. The van der Waals surface area contributed by atoms with Crippen LogP contribution in [0.2, 0.25) is 5.02 Å². The molecule has 0 saturated heterocycles. The number of ether oxygens (including phenoxy) is 1. The molecule has 0 radical (unpaired) electrons. The maximum atomic E-state index is 12.9. The van der Waals surface area contributed by atoms with Gasteiger partial charge >= 0.3 is 0 Å². The van der Waals surface area contributed by atoms with Gasteiger partial charge in [-0.05, 0) is 55.2 Å². The Bertz CT molecular complexity index is 820. The van der Waals surface area contributed by atoms with Gasteiger partial charge in [0.25, 0.3) is 5.91 Å². The minimum absolute atomic E-state index is 0.0512. The molecule has 5 nitrogen and oxygen atoms in total. The third-order valence-corrected chi connectivity index (χ3v) is 5.93. The number of rotatable bonds is 11. The van der Waals surface area contributed by atoms with Gasteiger partial charge in [-0.15, -0.1) is 0 Å². The third-order valence-electron chi connectivity index (χ3n) is 5.67. The quantitative estimate of drug-likeness (QED) is 0.485. The van der Waals surface area contributed by atoms with Gasteiger partial charge in [0.2, 0.25) is 5.91 Å². The van der Waals surface area contributed by atoms with E-state index in [0.717, 1.165) is 12.1 Å². The summed E-state index contributed by atoms with van der Waals surface area (Å²) in [5.41, 5.74) is 0.913. The first-order valence-corrected chi connectivity index (χ1v) is 11.5. The summed E-state index contributed by atoms with van der Waals surface area (Å²) in [7, 11) is 0. The van der Waals surface area contributed by atoms with Crippen LogP contribution in [0.3, 0.4) is 0 Å². The molecule has 1 N–H and O–H groups in total. The second-order valence-electron chi connectivity index (χ2n) is 8.02. The largest absolute Gasteiger partial charge is 0.484 e. The summed E-state index contributed by atoms with van der Waals surface area (Å²) >= 11 is 5.84. The van der Waals surface area contributed by atoms with E-state index in [4.69, 9.17) is 16.3 Å². The lowest BCUT2D eigenvalue weighted by molar-refractivity contribution is -0.123. The smallest absolute Gasteiger partial charge is 0.257 e. The highest BCUT2D eigenvalue weighted by molar-refractivity contribution is 6.30. The van der Waals surface area contributed by atoms with E-state index >= 15 is 0 Å². The highest BCUT2D eigenvalue weighted by Crippen LogP contribution is 2.29. The molecule has 0 bridgehead atoms. The summed E-state index contributed by atoms with van der Waals surface area (Å²) in [6, 6.07) is 16.7. The number of nitrogens with zero attached hydrogens (tertiary/aromatic N) is 1. The van der Waals surface area contributed by atoms with Gasteiger partial charge in [-0.1, -0.05) is 55.5 Å². The van der Waals surface area contributed by atoms with E-state index in [1.54, 1.807) is 24.3 Å². The number of hydrogen-bond acceptors (Lipinski definition) is 3. The Morgan fingerprint density at radius 2 is 1.74 bits per heavy atom. The van der Waals surface area contributed by atoms with Crippen LogP contribution in [0.15, 0.2) is 54.6 Å². The highest BCUT2D eigenvalue weighted by atomic mass is 35.5. The van der Waals surface area contributed by atoms with Gasteiger partial charge in [0.1, 0.15) is 5.75 Å². The predicted octanol–water partition coefficient (Wildman–Crippen LogP) is 5.23. The normalized spacial score (nSPS) is 13.7. The van der Waals surface area contributed by atoms with E-state index < -0.39 is 0 Å². The monoisotopic (exact) mass is 442 g/mol. The molecule has 0 atom stereocenters. The lowest BCUT2D eigenvalue weighted by atomic mass is 10.0. The van der Waals surface area contributed by atoms with Crippen LogP contribution >= 0.6 is 11.6 Å². The number of para-hydroxylation sites is 1. The standard InChI is InChI=1S/C25H31ClN2O3/c26-21-12-14-23(15-13-21)31-19-24(29)27-17-6-18-28(22-9-2-1-3-10-22)25(30)16-11-20-7-4-5-8-20/h1-3,9-10,12-15,20H,4-8,11,16-19H2,(H,27,29). The van der Waals surface area contributed by atoms with Gasteiger partial charge in [-0.3, -0.25) is 9.59 Å². The molecule has 166 valence electrons. The number of anilines is 1. The van der Waals surface area contributed by atoms with Gasteiger partial charge in [0.15, 0.2) is 6.61 Å². The summed E-state index contributed by atoms with van der Waals surface area (Å²) in [6.45, 7) is 1.01. The Balaban J connectivity index is 1.42. The van der Waals surface area contributed by atoms with Crippen molar-refractivity contribution in [3.8, 4) is 5.75 Å². The SMILES string of the molecule is O=C(COc1ccc(Cl)cc1)NCCCN(C(=O)CCC1CCCC1)c1ccccc1. The first-order chi connectivity index (χ1) is 15.1. The number of benzene rings is 2. The van der Waals surface area contributed by atoms with Crippen LogP contribution in [0.1, 0.15) is 44.9 Å². The molecule has 1 saturated carbocycles. The minimum atomic E-state index is -0.186. The van der Waals surface area contributed by atoms with Crippen LogP contribution in [0.5, 0.6) is 5.75 Å². The Morgan fingerprint density at radius 1 is 1.03 bits per heavy atom. The lowest BCUT2D eigenvalue weighted by Crippen LogP contribution is -2.35. The molecular weight excluding hydrogens is 412 g/mol. The maximum absolute atomic E-state index is 12.9. The van der Waals surface area contributed by atoms with E-state index in [9.17, 15) is 9.59 Å². The molecule has 2 amide bonds. The minimum Gasteiger partial charge on any atom is -0.484 e. The van der Waals surface area contributed by atoms with Crippen molar-refractivity contribution in [2.45, 2.75) is 44.9 Å². The fourth-order valence-electron chi connectivity index (χ4n) is 3.96. The lowest BCUT2D eigenvalue weighted by Gasteiger charge is -2.24. The third kappa shape index (κ3) is 7.91. The van der Waals surface area contributed by atoms with Crippen molar-refractivity contribution in [3.63, 3.8) is 0 Å². The Morgan fingerprint density at radius 3 is 2.45 bits per heavy atom. The fourth-order valence-corrected chi connectivity index (χ4v) is 4.09. The number of hydrogen-bond donors (Lipinski definition) is 1. The number of halogens is 1. The zero-order chi connectivity index (χ0) is 21.9. The molecule has 2 aromatic carbocycles. The summed E-state index contributed by atoms with van der Waals surface area (Å²) in [4.78, 5) is 26.8. The fraction of sp³-hybridized carbons (Fsp3) is 0.440. The molecule has 0 heterocycles. The molecule has 1 fully saturated rings. The van der Waals surface area contributed by atoms with Gasteiger partial charge < -0.3 is 15.0 Å². The number of amides is 2. The molecule has 2 aromatic rings. The molecule has 0 unspecified atom stereocenters. The topological polar surface area (TPSA) is 58.6 Å². The Kier molecular flexibility index (Phi) is 9.22. The molecule has 6 heteroatoms. The van der Waals surface area contributed by atoms with Crippen molar-refractivity contribution < 1.29 is 14.3 Å². The van der Waals surface area contributed by atoms with Gasteiger partial charge in [0, 0.05) is 30.2 Å². The van der Waals surface area contributed by atoms with Crippen LogP contribution in [-0.2, 0) is 9.59 Å². The summed E-state index contributed by atoms with van der Waals surface area (Å²) in [6.07, 6.45) is 7.33. The van der Waals surface area contributed by atoms with E-state index in [0.29, 0.717) is 42.6 Å². The number of nitrogens with one attached hydrogen (secondary N) is 1. The molecule has 0 spiro atoms. The van der Waals surface area contributed by atoms with Crippen molar-refractivity contribution in [1.82, 2.24) is 5.32 Å². The van der Waals surface area contributed by atoms with Crippen molar-refractivity contribution in [3.05, 3.63) is 59.6 Å². The highest BCUT2D eigenvalue weighted by Gasteiger charge is 2.20. The second kappa shape index (κ2) is 12.4. The van der Waals surface area contributed by atoms with Gasteiger partial charge in [-0.25, -0.2) is 0 Å². The predicted molar refractivity (Wildman–Crippen MR) is 125 cm³/mol. The van der Waals surface area contributed by atoms with Crippen LogP contribution in [0.25, 0.3) is 0 Å². The molecule has 0 aromatic heterocycles. The van der Waals surface area contributed by atoms with Crippen molar-refractivity contribution in [2.75, 3.05) is 24.6 Å². The van der Waals surface area contributed by atoms with Crippen molar-refractivity contribution >= 4 is 29.1 Å². The first-order valence-electron chi connectivity index (χ1n) is 11.1. The van der Waals surface area contributed by atoms with Crippen LogP contribution in [0, 0.1) is 5.92 Å². The molecular formula is C25H31ClN2O3. The summed E-state index contributed by atoms with van der Waals surface area (Å²) < 4.78 is 5.45. The summed E-state index contributed by atoms with van der Waals surface area (Å²) in [5, 5.41) is 3.48. The van der Waals surface area contributed by atoms with E-state index in [-0.39, 0.29) is 18.4 Å². The zero-order valence-electron chi connectivity index (χ0n) is 17.9. The Labute approximate surface area is 189 Å². The van der Waals surface area contributed by atoms with E-state index in [2.05, 4.69) is 5.32 Å². The summed E-state index contributed by atoms with van der Waals surface area (Å²) in [5.74, 6) is 1.27. The molecule has 1 aliphatic carbocycles. The van der Waals surface area contributed by atoms with E-state index in [1.165, 1.54) is 25.7 Å². The molecule has 1 aliphatic rings. The zero-order valence-corrected chi connectivity index (χ0v) is 18.7. The van der Waals surface area contributed by atoms with Crippen LogP contribution < -0.4 is 15.0 Å². The maximum Gasteiger partial charge on any atom is 0.257 e. The average Bonchev–Trinajstić information content (AvgIpc) is 3.31. The number of carbonyl (C=O) groups excluding carboxylic acids is 2. The van der Waals surface area contributed by atoms with Crippen LogP contribution in [-0.4, -0.2) is 31.5 Å².